The molecule has 1 aliphatic rings. The highest BCUT2D eigenvalue weighted by atomic mass is 16.7. The molecule has 4 nitrogen and oxygen atoms in total. The molecule has 0 saturated carbocycles. The zero-order valence-electron chi connectivity index (χ0n) is 9.47. The van der Waals surface area contributed by atoms with Crippen molar-refractivity contribution in [2.45, 2.75) is 18.8 Å². The lowest BCUT2D eigenvalue weighted by Gasteiger charge is -2.16. The van der Waals surface area contributed by atoms with Gasteiger partial charge >= 0.3 is 0 Å². The Bertz CT molecular complexity index is 437. The van der Waals surface area contributed by atoms with E-state index in [1.807, 2.05) is 0 Å². The lowest BCUT2D eigenvalue weighted by molar-refractivity contribution is 0.0952. The third-order valence-electron chi connectivity index (χ3n) is 2.49. The van der Waals surface area contributed by atoms with Crippen LogP contribution in [0.5, 0.6) is 11.5 Å². The first-order valence-electron chi connectivity index (χ1n) is 5.29. The normalized spacial score (nSPS) is 14.9. The van der Waals surface area contributed by atoms with E-state index in [0.717, 1.165) is 0 Å². The molecule has 4 radical (unpaired) electrons. The number of benzene rings is 1. The van der Waals surface area contributed by atoms with Crippen molar-refractivity contribution in [3.05, 3.63) is 23.8 Å². The number of hydrogen-bond acceptors (Lipinski definition) is 4. The SMILES string of the molecule is [B]C([B])N[C@@H](C)C(=O)c1ccc2c(c1)OCO2. The van der Waals surface area contributed by atoms with Crippen molar-refractivity contribution in [1.29, 1.82) is 0 Å². The largest absolute Gasteiger partial charge is 0.454 e. The molecule has 1 aliphatic heterocycles. The quantitative estimate of drug-likeness (QED) is 0.589. The highest BCUT2D eigenvalue weighted by Crippen LogP contribution is 2.32. The van der Waals surface area contributed by atoms with Crippen molar-refractivity contribution in [2.75, 3.05) is 6.79 Å². The molecule has 6 heteroatoms. The van der Waals surface area contributed by atoms with Crippen molar-refractivity contribution in [3.8, 4) is 11.5 Å². The molecule has 0 aliphatic carbocycles. The van der Waals surface area contributed by atoms with Crippen LogP contribution in [-0.4, -0.2) is 40.2 Å². The number of carbonyl (C=O) groups is 1. The van der Waals surface area contributed by atoms with Gasteiger partial charge in [0.15, 0.2) is 17.3 Å². The zero-order chi connectivity index (χ0) is 12.4. The van der Waals surface area contributed by atoms with Crippen LogP contribution in [-0.2, 0) is 0 Å². The van der Waals surface area contributed by atoms with Crippen LogP contribution in [0.4, 0.5) is 0 Å². The lowest BCUT2D eigenvalue weighted by Crippen LogP contribution is -2.41. The minimum absolute atomic E-state index is 0.0933. The van der Waals surface area contributed by atoms with Crippen LogP contribution in [0.25, 0.3) is 0 Å². The molecule has 1 heterocycles. The van der Waals surface area contributed by atoms with Gasteiger partial charge in [0.25, 0.3) is 0 Å². The molecule has 0 saturated heterocycles. The maximum absolute atomic E-state index is 12.0. The second-order valence-corrected chi connectivity index (χ2v) is 3.85. The maximum Gasteiger partial charge on any atom is 0.231 e. The van der Waals surface area contributed by atoms with Gasteiger partial charge in [-0.3, -0.25) is 4.79 Å². The fourth-order valence-electron chi connectivity index (χ4n) is 1.66. The molecular weight excluding hydrogens is 216 g/mol. The molecule has 17 heavy (non-hydrogen) atoms. The van der Waals surface area contributed by atoms with Gasteiger partial charge in [0.05, 0.1) is 21.7 Å². The van der Waals surface area contributed by atoms with Crippen molar-refractivity contribution in [1.82, 2.24) is 5.32 Å². The Morgan fingerprint density at radius 3 is 2.76 bits per heavy atom. The van der Waals surface area contributed by atoms with E-state index in [-0.39, 0.29) is 12.6 Å². The van der Waals surface area contributed by atoms with Gasteiger partial charge in [0, 0.05) is 5.56 Å². The smallest absolute Gasteiger partial charge is 0.231 e. The number of carbonyl (C=O) groups excluding carboxylic acids is 1. The molecule has 0 fully saturated rings. The van der Waals surface area contributed by atoms with Crippen LogP contribution in [0.15, 0.2) is 18.2 Å². The summed E-state index contributed by atoms with van der Waals surface area (Å²) in [7, 11) is 10.7. The lowest BCUT2D eigenvalue weighted by atomic mass is 9.78. The zero-order valence-corrected chi connectivity index (χ0v) is 9.47. The van der Waals surface area contributed by atoms with E-state index in [9.17, 15) is 4.79 Å². The Hall–Kier alpha value is -1.42. The molecule has 2 rings (SSSR count). The predicted molar refractivity (Wildman–Crippen MR) is 64.8 cm³/mol. The van der Waals surface area contributed by atoms with E-state index in [1.54, 1.807) is 25.1 Å². The number of ketones is 1. The summed E-state index contributed by atoms with van der Waals surface area (Å²) in [5.41, 5.74) is 0.537. The highest BCUT2D eigenvalue weighted by molar-refractivity contribution is 6.35. The predicted octanol–water partition coefficient (Wildman–Crippen LogP) is 0.197. The highest BCUT2D eigenvalue weighted by Gasteiger charge is 2.19. The Morgan fingerprint density at radius 2 is 2.06 bits per heavy atom. The van der Waals surface area contributed by atoms with E-state index >= 15 is 0 Å². The second-order valence-electron chi connectivity index (χ2n) is 3.85. The van der Waals surface area contributed by atoms with Crippen LogP contribution in [0.1, 0.15) is 17.3 Å². The minimum Gasteiger partial charge on any atom is -0.454 e. The van der Waals surface area contributed by atoms with Crippen LogP contribution < -0.4 is 14.8 Å². The summed E-state index contributed by atoms with van der Waals surface area (Å²) < 4.78 is 10.4. The van der Waals surface area contributed by atoms with Gasteiger partial charge in [-0.1, -0.05) is 5.84 Å². The topological polar surface area (TPSA) is 47.6 Å². The van der Waals surface area contributed by atoms with E-state index in [2.05, 4.69) is 5.32 Å². The first-order chi connectivity index (χ1) is 8.08. The Labute approximate surface area is 102 Å². The molecule has 0 spiro atoms. The molecule has 84 valence electrons. The van der Waals surface area contributed by atoms with Crippen LogP contribution >= 0.6 is 0 Å². The average Bonchev–Trinajstić information content (AvgIpc) is 2.73. The van der Waals surface area contributed by atoms with E-state index < -0.39 is 11.9 Å². The van der Waals surface area contributed by atoms with E-state index in [4.69, 9.17) is 25.2 Å². The number of fused-ring (bicyclic) bond motifs is 1. The number of rotatable bonds is 4. The number of Topliss-reactive ketones (excluding diaryl/α,β-unsaturated/α-hetero) is 1. The van der Waals surface area contributed by atoms with Crippen molar-refractivity contribution >= 4 is 21.5 Å². The first-order valence-corrected chi connectivity index (χ1v) is 5.29. The van der Waals surface area contributed by atoms with Crippen molar-refractivity contribution in [2.24, 2.45) is 0 Å². The Kier molecular flexibility index (Phi) is 3.43. The van der Waals surface area contributed by atoms with Gasteiger partial charge < -0.3 is 14.8 Å². The van der Waals surface area contributed by atoms with Crippen molar-refractivity contribution in [3.63, 3.8) is 0 Å². The number of nitrogens with one attached hydrogen (secondary N) is 1. The summed E-state index contributed by atoms with van der Waals surface area (Å²) in [6.07, 6.45) is 0. The summed E-state index contributed by atoms with van der Waals surface area (Å²) in [5.74, 6) is 0.421. The summed E-state index contributed by atoms with van der Waals surface area (Å²) >= 11 is 0. The van der Waals surface area contributed by atoms with Gasteiger partial charge in [-0.25, -0.2) is 0 Å². The van der Waals surface area contributed by atoms with Gasteiger partial charge in [-0.05, 0) is 25.1 Å². The molecule has 1 aromatic carbocycles. The number of hydrogen-bond donors (Lipinski definition) is 1. The Balaban J connectivity index is 2.14. The average molecular weight is 227 g/mol. The standard InChI is InChI=1S/C11H11B2NO3/c1-6(14-11(12)13)10(15)7-2-3-8-9(4-7)17-5-16-8/h2-4,6,11,14H,5H2,1H3/t6-/m0/s1. The summed E-state index contributed by atoms with van der Waals surface area (Å²) in [5, 5.41) is 2.74. The van der Waals surface area contributed by atoms with Gasteiger partial charge in [-0.2, -0.15) is 0 Å². The molecule has 1 N–H and O–H groups in total. The van der Waals surface area contributed by atoms with Crippen molar-refractivity contribution < 1.29 is 14.3 Å². The first kappa shape index (κ1) is 12.0. The molecule has 1 atom stereocenters. The van der Waals surface area contributed by atoms with Gasteiger partial charge in [0.2, 0.25) is 6.79 Å². The second kappa shape index (κ2) is 4.84. The molecule has 0 amide bonds. The summed E-state index contributed by atoms with van der Waals surface area (Å²) in [6.45, 7) is 1.90. The molecular formula is C11H11B2NO3. The number of ether oxygens (including phenoxy) is 2. The van der Waals surface area contributed by atoms with Crippen LogP contribution in [0.2, 0.25) is 0 Å². The maximum atomic E-state index is 12.0. The van der Waals surface area contributed by atoms with Gasteiger partial charge in [-0.15, -0.1) is 0 Å². The van der Waals surface area contributed by atoms with Crippen LogP contribution in [0, 0.1) is 0 Å². The third-order valence-corrected chi connectivity index (χ3v) is 2.49. The molecule has 0 bridgehead atoms. The molecule has 0 aromatic heterocycles. The molecule has 1 aromatic rings. The third kappa shape index (κ3) is 2.64. The van der Waals surface area contributed by atoms with E-state index in [1.165, 1.54) is 0 Å². The van der Waals surface area contributed by atoms with Crippen LogP contribution in [0.3, 0.4) is 0 Å². The fourth-order valence-corrected chi connectivity index (χ4v) is 1.66. The molecule has 0 unspecified atom stereocenters. The van der Waals surface area contributed by atoms with Gasteiger partial charge in [0.1, 0.15) is 0 Å². The monoisotopic (exact) mass is 227 g/mol. The fraction of sp³-hybridized carbons (Fsp3) is 0.364. The summed E-state index contributed by atoms with van der Waals surface area (Å²) in [6, 6.07) is 4.61. The Morgan fingerprint density at radius 1 is 1.35 bits per heavy atom. The van der Waals surface area contributed by atoms with E-state index in [0.29, 0.717) is 17.1 Å². The minimum atomic E-state index is -0.719. The summed E-state index contributed by atoms with van der Waals surface area (Å²) in [4.78, 5) is 12.0.